The lowest BCUT2D eigenvalue weighted by Crippen LogP contribution is -2.38. The summed E-state index contributed by atoms with van der Waals surface area (Å²) in [5.41, 5.74) is 2.21. The van der Waals surface area contributed by atoms with Crippen LogP contribution in [0.2, 0.25) is 0 Å². The van der Waals surface area contributed by atoms with E-state index in [4.69, 9.17) is 14.2 Å². The molecule has 2 aliphatic rings. The fourth-order valence-corrected chi connectivity index (χ4v) is 5.21. The number of likely N-dealkylation sites (tertiary alicyclic amines) is 1. The van der Waals surface area contributed by atoms with E-state index < -0.39 is 17.7 Å². The molecule has 0 aliphatic carbocycles. The number of carbonyl (C=O) groups excluding carboxylic acids is 2. The van der Waals surface area contributed by atoms with Gasteiger partial charge in [0.2, 0.25) is 0 Å². The number of hydrogen-bond acceptors (Lipinski definition) is 7. The first-order valence-electron chi connectivity index (χ1n) is 13.5. The Bertz CT molecular complexity index is 1220. The molecule has 0 aromatic heterocycles. The summed E-state index contributed by atoms with van der Waals surface area (Å²) < 4.78 is 17.4. The third-order valence-electron chi connectivity index (χ3n) is 7.14. The molecule has 8 heteroatoms. The predicted octanol–water partition coefficient (Wildman–Crippen LogP) is 4.57. The molecule has 4 rings (SSSR count). The minimum atomic E-state index is -0.760. The molecule has 0 radical (unpaired) electrons. The molecule has 0 unspecified atom stereocenters. The SMILES string of the molecule is CCOc1ccc([C@@H]2C(=C(O)c3ccc4c(c3)C[C@@H](C)O4)C(=O)C(=O)N2CCN(CC)CC)cc1OCC. The van der Waals surface area contributed by atoms with Gasteiger partial charge in [-0.2, -0.15) is 0 Å². The standard InChI is InChI=1S/C30H38N2O6/c1-6-31(7-2)14-15-32-27(20-10-13-24(36-8-3)25(18-20)37-9-4)26(29(34)30(32)35)28(33)21-11-12-23-22(17-21)16-19(5)38-23/h10-13,17-19,27,33H,6-9,14-16H2,1-5H3/t19-,27-/m1/s1. The van der Waals surface area contributed by atoms with Crippen LogP contribution in [0, 0.1) is 0 Å². The van der Waals surface area contributed by atoms with Crippen molar-refractivity contribution in [3.8, 4) is 17.2 Å². The summed E-state index contributed by atoms with van der Waals surface area (Å²) in [7, 11) is 0. The Hall–Kier alpha value is -3.52. The molecule has 1 amide bonds. The molecular formula is C30H38N2O6. The van der Waals surface area contributed by atoms with Crippen LogP contribution in [0.3, 0.4) is 0 Å². The van der Waals surface area contributed by atoms with E-state index >= 15 is 0 Å². The highest BCUT2D eigenvalue weighted by atomic mass is 16.5. The molecule has 38 heavy (non-hydrogen) atoms. The van der Waals surface area contributed by atoms with Gasteiger partial charge >= 0.3 is 0 Å². The Morgan fingerprint density at radius 1 is 1.03 bits per heavy atom. The van der Waals surface area contributed by atoms with Crippen molar-refractivity contribution >= 4 is 17.4 Å². The second-order valence-corrected chi connectivity index (χ2v) is 9.55. The normalized spacial score (nSPS) is 20.1. The van der Waals surface area contributed by atoms with Crippen LogP contribution in [0.15, 0.2) is 42.0 Å². The zero-order chi connectivity index (χ0) is 27.4. The van der Waals surface area contributed by atoms with E-state index in [1.165, 1.54) is 0 Å². The molecule has 2 heterocycles. The van der Waals surface area contributed by atoms with Crippen molar-refractivity contribution in [2.24, 2.45) is 0 Å². The summed E-state index contributed by atoms with van der Waals surface area (Å²) in [4.78, 5) is 30.6. The summed E-state index contributed by atoms with van der Waals surface area (Å²) >= 11 is 0. The largest absolute Gasteiger partial charge is 0.507 e. The van der Waals surface area contributed by atoms with E-state index in [2.05, 4.69) is 18.7 Å². The molecule has 2 aliphatic heterocycles. The molecule has 0 spiro atoms. The first-order chi connectivity index (χ1) is 18.3. The smallest absolute Gasteiger partial charge is 0.295 e. The summed E-state index contributed by atoms with van der Waals surface area (Å²) in [6.45, 7) is 13.4. The van der Waals surface area contributed by atoms with Gasteiger partial charge in [0.15, 0.2) is 11.5 Å². The number of ketones is 1. The van der Waals surface area contributed by atoms with Gasteiger partial charge in [0, 0.05) is 25.1 Å². The van der Waals surface area contributed by atoms with Crippen LogP contribution in [-0.4, -0.2) is 72.1 Å². The lowest BCUT2D eigenvalue weighted by molar-refractivity contribution is -0.140. The van der Waals surface area contributed by atoms with E-state index in [1.807, 2.05) is 39.0 Å². The average Bonchev–Trinajstić information content (AvgIpc) is 3.41. The number of fused-ring (bicyclic) bond motifs is 1. The van der Waals surface area contributed by atoms with E-state index in [9.17, 15) is 14.7 Å². The predicted molar refractivity (Wildman–Crippen MR) is 146 cm³/mol. The van der Waals surface area contributed by atoms with Gasteiger partial charge in [0.25, 0.3) is 11.7 Å². The molecule has 1 fully saturated rings. The second-order valence-electron chi connectivity index (χ2n) is 9.55. The van der Waals surface area contributed by atoms with Crippen molar-refractivity contribution in [1.82, 2.24) is 9.80 Å². The number of ether oxygens (including phenoxy) is 3. The number of carbonyl (C=O) groups is 2. The molecule has 1 saturated heterocycles. The number of nitrogens with zero attached hydrogens (tertiary/aromatic N) is 2. The highest BCUT2D eigenvalue weighted by molar-refractivity contribution is 6.46. The lowest BCUT2D eigenvalue weighted by Gasteiger charge is -2.28. The Morgan fingerprint density at radius 3 is 2.42 bits per heavy atom. The maximum atomic E-state index is 13.5. The molecule has 2 aromatic rings. The van der Waals surface area contributed by atoms with E-state index in [-0.39, 0.29) is 17.4 Å². The molecule has 2 aromatic carbocycles. The molecule has 0 saturated carbocycles. The number of aliphatic hydroxyl groups excluding tert-OH is 1. The van der Waals surface area contributed by atoms with Crippen LogP contribution in [0.1, 0.15) is 57.4 Å². The number of amides is 1. The maximum Gasteiger partial charge on any atom is 0.295 e. The number of Topliss-reactive ketones (excluding diaryl/α,β-unsaturated/α-hetero) is 1. The maximum absolute atomic E-state index is 13.5. The van der Waals surface area contributed by atoms with Crippen LogP contribution < -0.4 is 14.2 Å². The van der Waals surface area contributed by atoms with Crippen molar-refractivity contribution in [2.75, 3.05) is 39.4 Å². The molecule has 1 N–H and O–H groups in total. The van der Waals surface area contributed by atoms with E-state index in [0.717, 1.165) is 24.4 Å². The van der Waals surface area contributed by atoms with Gasteiger partial charge < -0.3 is 29.1 Å². The number of benzene rings is 2. The topological polar surface area (TPSA) is 88.5 Å². The second kappa shape index (κ2) is 11.9. The van der Waals surface area contributed by atoms with Gasteiger partial charge in [0.05, 0.1) is 24.8 Å². The van der Waals surface area contributed by atoms with Gasteiger partial charge in [-0.3, -0.25) is 9.59 Å². The first kappa shape index (κ1) is 27.5. The molecular weight excluding hydrogens is 484 g/mol. The minimum absolute atomic E-state index is 0.0499. The van der Waals surface area contributed by atoms with E-state index in [0.29, 0.717) is 55.4 Å². The number of likely N-dealkylation sites (N-methyl/N-ethyl adjacent to an activating group) is 1. The first-order valence-corrected chi connectivity index (χ1v) is 13.5. The summed E-state index contributed by atoms with van der Waals surface area (Å²) in [6.07, 6.45) is 0.767. The molecule has 8 nitrogen and oxygen atoms in total. The van der Waals surface area contributed by atoms with Crippen molar-refractivity contribution in [3.63, 3.8) is 0 Å². The third-order valence-corrected chi connectivity index (χ3v) is 7.14. The number of hydrogen-bond donors (Lipinski definition) is 1. The monoisotopic (exact) mass is 522 g/mol. The van der Waals surface area contributed by atoms with Crippen molar-refractivity contribution in [3.05, 3.63) is 58.7 Å². The van der Waals surface area contributed by atoms with Crippen molar-refractivity contribution in [2.45, 2.75) is 53.2 Å². The zero-order valence-corrected chi connectivity index (χ0v) is 23.0. The Labute approximate surface area is 224 Å². The van der Waals surface area contributed by atoms with Crippen molar-refractivity contribution in [1.29, 1.82) is 0 Å². The van der Waals surface area contributed by atoms with Crippen LogP contribution in [0.5, 0.6) is 17.2 Å². The van der Waals surface area contributed by atoms with Gasteiger partial charge in [0.1, 0.15) is 17.6 Å². The van der Waals surface area contributed by atoms with Gasteiger partial charge in [-0.15, -0.1) is 0 Å². The number of aliphatic hydroxyl groups is 1. The molecule has 204 valence electrons. The molecule has 0 bridgehead atoms. The Balaban J connectivity index is 1.82. The quantitative estimate of drug-likeness (QED) is 0.263. The van der Waals surface area contributed by atoms with Gasteiger partial charge in [-0.05, 0) is 75.3 Å². The van der Waals surface area contributed by atoms with Crippen LogP contribution in [0.25, 0.3) is 5.76 Å². The van der Waals surface area contributed by atoms with Crippen molar-refractivity contribution < 1.29 is 28.9 Å². The number of rotatable bonds is 11. The van der Waals surface area contributed by atoms with Crippen LogP contribution >= 0.6 is 0 Å². The summed E-state index contributed by atoms with van der Waals surface area (Å²) in [6, 6.07) is 10.1. The summed E-state index contributed by atoms with van der Waals surface area (Å²) in [5, 5.41) is 11.5. The highest BCUT2D eigenvalue weighted by Crippen LogP contribution is 2.42. The highest BCUT2D eigenvalue weighted by Gasteiger charge is 2.46. The Morgan fingerprint density at radius 2 is 1.74 bits per heavy atom. The average molecular weight is 523 g/mol. The zero-order valence-electron chi connectivity index (χ0n) is 23.0. The van der Waals surface area contributed by atoms with Gasteiger partial charge in [-0.1, -0.05) is 19.9 Å². The summed E-state index contributed by atoms with van der Waals surface area (Å²) in [5.74, 6) is 0.402. The van der Waals surface area contributed by atoms with Crippen LogP contribution in [0.4, 0.5) is 0 Å². The fraction of sp³-hybridized carbons (Fsp3) is 0.467. The van der Waals surface area contributed by atoms with Gasteiger partial charge in [-0.25, -0.2) is 0 Å². The van der Waals surface area contributed by atoms with E-state index in [1.54, 1.807) is 23.1 Å². The fourth-order valence-electron chi connectivity index (χ4n) is 5.21. The molecule has 2 atom stereocenters. The van der Waals surface area contributed by atoms with Crippen LogP contribution in [-0.2, 0) is 16.0 Å². The minimum Gasteiger partial charge on any atom is -0.507 e. The lowest BCUT2D eigenvalue weighted by atomic mass is 9.94. The third kappa shape index (κ3) is 5.36. The Kier molecular flexibility index (Phi) is 8.62.